The molecule has 0 heterocycles. The number of hydrogen-bond acceptors (Lipinski definition) is 1. The fourth-order valence-corrected chi connectivity index (χ4v) is 2.36. The topological polar surface area (TPSA) is 9.23 Å². The summed E-state index contributed by atoms with van der Waals surface area (Å²) in [6.07, 6.45) is 14.9. The lowest BCUT2D eigenvalue weighted by Gasteiger charge is -2.16. The number of rotatable bonds is 9. The molecule has 0 aliphatic rings. The van der Waals surface area contributed by atoms with E-state index in [9.17, 15) is 0 Å². The molecule has 0 spiro atoms. The van der Waals surface area contributed by atoms with Crippen molar-refractivity contribution in [1.29, 1.82) is 0 Å². The molecule has 0 aromatic carbocycles. The molecule has 1 nitrogen and oxygen atoms in total. The van der Waals surface area contributed by atoms with Crippen molar-refractivity contribution in [2.24, 2.45) is 0 Å². The standard InChI is InChI=1S/C15H30OSi/c1-5-6-7-8-9-10-11-12-13-14-16-17-15(2,3)4/h6-7,9-10H,5,8,11-14,17H2,1-4H3. The van der Waals surface area contributed by atoms with E-state index in [1.807, 2.05) is 0 Å². The number of hydrogen-bond donors (Lipinski definition) is 0. The maximum Gasteiger partial charge on any atom is 0.166 e. The van der Waals surface area contributed by atoms with Gasteiger partial charge in [0, 0.05) is 6.61 Å². The monoisotopic (exact) mass is 254 g/mol. The number of allylic oxidation sites excluding steroid dienone is 4. The van der Waals surface area contributed by atoms with Crippen molar-refractivity contribution in [3.8, 4) is 0 Å². The fourth-order valence-electron chi connectivity index (χ4n) is 1.40. The van der Waals surface area contributed by atoms with E-state index >= 15 is 0 Å². The Morgan fingerprint density at radius 3 is 2.35 bits per heavy atom. The van der Waals surface area contributed by atoms with Crippen LogP contribution in [0.2, 0.25) is 5.04 Å². The van der Waals surface area contributed by atoms with Gasteiger partial charge in [0.2, 0.25) is 0 Å². The fraction of sp³-hybridized carbons (Fsp3) is 0.733. The minimum Gasteiger partial charge on any atom is -0.423 e. The lowest BCUT2D eigenvalue weighted by molar-refractivity contribution is 0.310. The smallest absolute Gasteiger partial charge is 0.166 e. The van der Waals surface area contributed by atoms with Gasteiger partial charge in [-0.25, -0.2) is 0 Å². The Balaban J connectivity index is 3.21. The molecule has 100 valence electrons. The minimum atomic E-state index is -0.331. The molecule has 0 saturated heterocycles. The van der Waals surface area contributed by atoms with Crippen molar-refractivity contribution >= 4 is 9.76 Å². The zero-order valence-electron chi connectivity index (χ0n) is 12.2. The van der Waals surface area contributed by atoms with E-state index in [4.69, 9.17) is 4.43 Å². The predicted octanol–water partition coefficient (Wildman–Crippen LogP) is 4.39. The van der Waals surface area contributed by atoms with Crippen LogP contribution in [-0.4, -0.2) is 16.4 Å². The summed E-state index contributed by atoms with van der Waals surface area (Å²) in [5, 5.41) is 0.436. The van der Waals surface area contributed by atoms with Crippen molar-refractivity contribution in [1.82, 2.24) is 0 Å². The third-order valence-corrected chi connectivity index (χ3v) is 3.64. The van der Waals surface area contributed by atoms with Gasteiger partial charge in [-0.2, -0.15) is 0 Å². The quantitative estimate of drug-likeness (QED) is 0.337. The SMILES string of the molecule is CCC=CCC=CCCCCO[SiH2]C(C)(C)C. The Bertz CT molecular complexity index is 213. The zero-order valence-corrected chi connectivity index (χ0v) is 13.6. The van der Waals surface area contributed by atoms with Crippen LogP contribution in [0, 0.1) is 0 Å². The van der Waals surface area contributed by atoms with Crippen LogP contribution in [0.4, 0.5) is 0 Å². The first-order chi connectivity index (χ1) is 8.06. The van der Waals surface area contributed by atoms with Crippen molar-refractivity contribution in [3.05, 3.63) is 24.3 Å². The van der Waals surface area contributed by atoms with Gasteiger partial charge in [0.1, 0.15) is 0 Å². The third kappa shape index (κ3) is 15.7. The zero-order chi connectivity index (χ0) is 13.0. The molecular weight excluding hydrogens is 224 g/mol. The molecule has 0 aromatic rings. The average Bonchev–Trinajstić information content (AvgIpc) is 2.24. The molecule has 0 atom stereocenters. The van der Waals surface area contributed by atoms with Crippen LogP contribution in [0.15, 0.2) is 24.3 Å². The first-order valence-corrected chi connectivity index (χ1v) is 8.22. The highest BCUT2D eigenvalue weighted by molar-refractivity contribution is 6.31. The van der Waals surface area contributed by atoms with Crippen LogP contribution >= 0.6 is 0 Å². The largest absolute Gasteiger partial charge is 0.423 e. The molecule has 0 amide bonds. The first kappa shape index (κ1) is 16.7. The highest BCUT2D eigenvalue weighted by atomic mass is 28.2. The van der Waals surface area contributed by atoms with E-state index in [1.54, 1.807) is 0 Å². The Labute approximate surface area is 110 Å². The Morgan fingerprint density at radius 1 is 1.00 bits per heavy atom. The minimum absolute atomic E-state index is 0.331. The summed E-state index contributed by atoms with van der Waals surface area (Å²) < 4.78 is 5.76. The lowest BCUT2D eigenvalue weighted by Crippen LogP contribution is -2.13. The van der Waals surface area contributed by atoms with E-state index in [0.29, 0.717) is 5.04 Å². The van der Waals surface area contributed by atoms with Crippen LogP contribution in [0.1, 0.15) is 59.8 Å². The average molecular weight is 254 g/mol. The summed E-state index contributed by atoms with van der Waals surface area (Å²) >= 11 is 0. The summed E-state index contributed by atoms with van der Waals surface area (Å²) in [6.45, 7) is 9.94. The second kappa shape index (κ2) is 10.8. The highest BCUT2D eigenvalue weighted by Gasteiger charge is 2.10. The predicted molar refractivity (Wildman–Crippen MR) is 81.3 cm³/mol. The van der Waals surface area contributed by atoms with Gasteiger partial charge >= 0.3 is 0 Å². The highest BCUT2D eigenvalue weighted by Crippen LogP contribution is 2.19. The first-order valence-electron chi connectivity index (χ1n) is 6.94. The molecule has 0 N–H and O–H groups in total. The van der Waals surface area contributed by atoms with Crippen molar-refractivity contribution < 1.29 is 4.43 Å². The Hall–Kier alpha value is -0.343. The number of unbranched alkanes of at least 4 members (excludes halogenated alkanes) is 2. The third-order valence-electron chi connectivity index (χ3n) is 2.29. The molecule has 0 fully saturated rings. The van der Waals surface area contributed by atoms with E-state index in [0.717, 1.165) is 19.4 Å². The summed E-state index contributed by atoms with van der Waals surface area (Å²) in [4.78, 5) is 0. The van der Waals surface area contributed by atoms with Gasteiger partial charge in [-0.05, 0) is 37.1 Å². The molecule has 17 heavy (non-hydrogen) atoms. The molecular formula is C15H30OSi. The summed E-state index contributed by atoms with van der Waals surface area (Å²) in [7, 11) is -0.331. The Morgan fingerprint density at radius 2 is 1.71 bits per heavy atom. The molecule has 0 aromatic heterocycles. The van der Waals surface area contributed by atoms with Crippen molar-refractivity contribution in [3.63, 3.8) is 0 Å². The molecule has 2 heteroatoms. The summed E-state index contributed by atoms with van der Waals surface area (Å²) in [6, 6.07) is 0. The van der Waals surface area contributed by atoms with Crippen LogP contribution in [0.5, 0.6) is 0 Å². The van der Waals surface area contributed by atoms with Crippen LogP contribution < -0.4 is 0 Å². The molecule has 0 aliphatic heterocycles. The van der Waals surface area contributed by atoms with E-state index < -0.39 is 0 Å². The molecule has 0 bridgehead atoms. The molecule has 0 unspecified atom stereocenters. The maximum absolute atomic E-state index is 5.76. The van der Waals surface area contributed by atoms with Crippen LogP contribution in [0.3, 0.4) is 0 Å². The lowest BCUT2D eigenvalue weighted by atomic mass is 10.2. The van der Waals surface area contributed by atoms with Gasteiger partial charge in [0.15, 0.2) is 9.76 Å². The van der Waals surface area contributed by atoms with Crippen LogP contribution in [-0.2, 0) is 4.43 Å². The molecule has 0 rings (SSSR count). The van der Waals surface area contributed by atoms with Gasteiger partial charge in [-0.1, -0.05) is 52.0 Å². The maximum atomic E-state index is 5.76. The van der Waals surface area contributed by atoms with E-state index in [-0.39, 0.29) is 9.76 Å². The van der Waals surface area contributed by atoms with Gasteiger partial charge < -0.3 is 4.43 Å². The molecule has 0 saturated carbocycles. The molecule has 0 aliphatic carbocycles. The van der Waals surface area contributed by atoms with Crippen LogP contribution in [0.25, 0.3) is 0 Å². The van der Waals surface area contributed by atoms with Crippen molar-refractivity contribution in [2.45, 2.75) is 64.8 Å². The van der Waals surface area contributed by atoms with Crippen molar-refractivity contribution in [2.75, 3.05) is 6.61 Å². The summed E-state index contributed by atoms with van der Waals surface area (Å²) in [5.74, 6) is 0. The van der Waals surface area contributed by atoms with Gasteiger partial charge in [-0.15, -0.1) is 0 Å². The second-order valence-corrected chi connectivity index (χ2v) is 8.51. The van der Waals surface area contributed by atoms with Gasteiger partial charge in [-0.3, -0.25) is 0 Å². The van der Waals surface area contributed by atoms with E-state index in [1.165, 1.54) is 19.3 Å². The van der Waals surface area contributed by atoms with E-state index in [2.05, 4.69) is 52.0 Å². The second-order valence-electron chi connectivity index (χ2n) is 5.70. The van der Waals surface area contributed by atoms with Gasteiger partial charge in [0.25, 0.3) is 0 Å². The normalized spacial score (nSPS) is 13.6. The Kier molecular flexibility index (Phi) is 10.6. The van der Waals surface area contributed by atoms with Gasteiger partial charge in [0.05, 0.1) is 0 Å². The summed E-state index contributed by atoms with van der Waals surface area (Å²) in [5.41, 5.74) is 0. The molecule has 0 radical (unpaired) electrons.